The van der Waals surface area contributed by atoms with Gasteiger partial charge in [-0.15, -0.1) is 0 Å². The molecule has 1 heterocycles. The molecule has 0 saturated heterocycles. The zero-order valence-electron chi connectivity index (χ0n) is 10.8. The smallest absolute Gasteiger partial charge is 0.250 e. The van der Waals surface area contributed by atoms with Crippen LogP contribution in [-0.2, 0) is 6.54 Å². The van der Waals surface area contributed by atoms with Crippen LogP contribution < -0.4 is 10.3 Å². The van der Waals surface area contributed by atoms with Gasteiger partial charge in [0.25, 0.3) is 5.56 Å². The van der Waals surface area contributed by atoms with Crippen LogP contribution in [0.25, 0.3) is 0 Å². The highest BCUT2D eigenvalue weighted by atomic mass is 16.5. The van der Waals surface area contributed by atoms with Gasteiger partial charge < -0.3 is 14.4 Å². The Balaban J connectivity index is 1.94. The predicted molar refractivity (Wildman–Crippen MR) is 73.3 cm³/mol. The monoisotopic (exact) mass is 259 g/mol. The van der Waals surface area contributed by atoms with Crippen LogP contribution in [0.15, 0.2) is 53.5 Å². The van der Waals surface area contributed by atoms with Gasteiger partial charge in [0.05, 0.1) is 12.6 Å². The van der Waals surface area contributed by atoms with Gasteiger partial charge in [0, 0.05) is 12.3 Å². The third kappa shape index (κ3) is 3.69. The Kier molecular flexibility index (Phi) is 4.36. The molecule has 1 unspecified atom stereocenters. The number of benzene rings is 1. The summed E-state index contributed by atoms with van der Waals surface area (Å²) in [5, 5.41) is 9.49. The van der Waals surface area contributed by atoms with Gasteiger partial charge in [-0.1, -0.05) is 18.2 Å². The number of hydrogen-bond acceptors (Lipinski definition) is 3. The van der Waals surface area contributed by atoms with Gasteiger partial charge in [0.1, 0.15) is 12.4 Å². The van der Waals surface area contributed by atoms with E-state index in [-0.39, 0.29) is 5.56 Å². The number of aromatic nitrogens is 1. The summed E-state index contributed by atoms with van der Waals surface area (Å²) < 4.78 is 7.18. The maximum atomic E-state index is 11.5. The predicted octanol–water partition coefficient (Wildman–Crippen LogP) is 1.98. The van der Waals surface area contributed by atoms with E-state index in [0.29, 0.717) is 18.9 Å². The van der Waals surface area contributed by atoms with E-state index < -0.39 is 6.10 Å². The minimum absolute atomic E-state index is 0.0381. The summed E-state index contributed by atoms with van der Waals surface area (Å²) in [5.74, 6) is 0.697. The van der Waals surface area contributed by atoms with Gasteiger partial charge in [0.2, 0.25) is 0 Å². The average Bonchev–Trinajstić information content (AvgIpc) is 2.41. The Hall–Kier alpha value is -2.07. The second kappa shape index (κ2) is 6.20. The molecule has 1 aromatic heterocycles. The van der Waals surface area contributed by atoms with Crippen molar-refractivity contribution in [3.8, 4) is 5.75 Å². The van der Waals surface area contributed by atoms with Crippen molar-refractivity contribution in [1.29, 1.82) is 0 Å². The highest BCUT2D eigenvalue weighted by molar-refractivity contribution is 5.29. The van der Waals surface area contributed by atoms with Crippen LogP contribution in [0.3, 0.4) is 0 Å². The summed E-state index contributed by atoms with van der Waals surface area (Å²) in [7, 11) is 0. The van der Waals surface area contributed by atoms with Crippen molar-refractivity contribution in [2.75, 3.05) is 6.61 Å². The summed E-state index contributed by atoms with van der Waals surface area (Å²) in [5.41, 5.74) is 0.776. The van der Waals surface area contributed by atoms with Crippen molar-refractivity contribution in [3.05, 3.63) is 64.6 Å². The normalized spacial score (nSPS) is 12.1. The minimum atomic E-state index is -0.514. The van der Waals surface area contributed by atoms with E-state index in [9.17, 15) is 9.90 Å². The molecule has 0 saturated carbocycles. The molecule has 0 bridgehead atoms. The SMILES string of the molecule is CC(O)c1cccc(OCCn2ccccc2=O)c1. The number of pyridine rings is 1. The topological polar surface area (TPSA) is 51.5 Å². The first-order chi connectivity index (χ1) is 9.16. The number of aliphatic hydroxyl groups is 1. The van der Waals surface area contributed by atoms with E-state index in [1.165, 1.54) is 6.07 Å². The molecular formula is C15H17NO3. The van der Waals surface area contributed by atoms with Gasteiger partial charge in [-0.2, -0.15) is 0 Å². The van der Waals surface area contributed by atoms with Crippen LogP contribution >= 0.6 is 0 Å². The highest BCUT2D eigenvalue weighted by Gasteiger charge is 2.02. The lowest BCUT2D eigenvalue weighted by Gasteiger charge is -2.10. The van der Waals surface area contributed by atoms with E-state index in [1.807, 2.05) is 24.3 Å². The number of rotatable bonds is 5. The lowest BCUT2D eigenvalue weighted by molar-refractivity contribution is 0.198. The molecule has 0 aliphatic carbocycles. The first kappa shape index (κ1) is 13.4. The van der Waals surface area contributed by atoms with Crippen molar-refractivity contribution >= 4 is 0 Å². The number of hydrogen-bond donors (Lipinski definition) is 1. The molecule has 2 aromatic rings. The van der Waals surface area contributed by atoms with Gasteiger partial charge in [-0.3, -0.25) is 4.79 Å². The molecule has 0 spiro atoms. The molecule has 19 heavy (non-hydrogen) atoms. The Morgan fingerprint density at radius 2 is 2.11 bits per heavy atom. The second-order valence-corrected chi connectivity index (χ2v) is 4.33. The van der Waals surface area contributed by atoms with Crippen molar-refractivity contribution in [3.63, 3.8) is 0 Å². The molecule has 1 atom stereocenters. The van der Waals surface area contributed by atoms with Crippen LogP contribution in [0.1, 0.15) is 18.6 Å². The van der Waals surface area contributed by atoms with Crippen LogP contribution in [0.2, 0.25) is 0 Å². The molecule has 0 fully saturated rings. The largest absolute Gasteiger partial charge is 0.492 e. The first-order valence-electron chi connectivity index (χ1n) is 6.23. The lowest BCUT2D eigenvalue weighted by Crippen LogP contribution is -2.21. The van der Waals surface area contributed by atoms with Crippen molar-refractivity contribution in [2.45, 2.75) is 19.6 Å². The maximum absolute atomic E-state index is 11.5. The molecule has 1 N–H and O–H groups in total. The van der Waals surface area contributed by atoms with Gasteiger partial charge in [-0.25, -0.2) is 0 Å². The van der Waals surface area contributed by atoms with Crippen LogP contribution in [0.5, 0.6) is 5.75 Å². The molecule has 2 rings (SSSR count). The summed E-state index contributed by atoms with van der Waals surface area (Å²) in [6, 6.07) is 12.4. The summed E-state index contributed by atoms with van der Waals surface area (Å²) in [6.07, 6.45) is 1.22. The molecule has 4 heteroatoms. The van der Waals surface area contributed by atoms with E-state index in [2.05, 4.69) is 0 Å². The Labute approximate surface area is 111 Å². The Morgan fingerprint density at radius 1 is 1.26 bits per heavy atom. The van der Waals surface area contributed by atoms with Crippen molar-refractivity contribution < 1.29 is 9.84 Å². The van der Waals surface area contributed by atoms with E-state index in [4.69, 9.17) is 4.74 Å². The fourth-order valence-corrected chi connectivity index (χ4v) is 1.77. The standard InChI is InChI=1S/C15H17NO3/c1-12(17)13-5-4-6-14(11-13)19-10-9-16-8-3-2-7-15(16)18/h2-8,11-12,17H,9-10H2,1H3. The summed E-state index contributed by atoms with van der Waals surface area (Å²) >= 11 is 0. The summed E-state index contributed by atoms with van der Waals surface area (Å²) in [6.45, 7) is 2.62. The molecule has 100 valence electrons. The zero-order chi connectivity index (χ0) is 13.7. The molecular weight excluding hydrogens is 242 g/mol. The number of ether oxygens (including phenoxy) is 1. The van der Waals surface area contributed by atoms with Crippen LogP contribution in [-0.4, -0.2) is 16.3 Å². The van der Waals surface area contributed by atoms with Crippen LogP contribution in [0.4, 0.5) is 0 Å². The van der Waals surface area contributed by atoms with Gasteiger partial charge in [0.15, 0.2) is 0 Å². The zero-order valence-corrected chi connectivity index (χ0v) is 10.8. The third-order valence-corrected chi connectivity index (χ3v) is 2.84. The molecule has 0 aliphatic heterocycles. The number of aliphatic hydroxyl groups excluding tert-OH is 1. The second-order valence-electron chi connectivity index (χ2n) is 4.33. The molecule has 0 radical (unpaired) electrons. The molecule has 0 amide bonds. The highest BCUT2D eigenvalue weighted by Crippen LogP contribution is 2.18. The van der Waals surface area contributed by atoms with E-state index in [0.717, 1.165) is 5.56 Å². The Bertz CT molecular complexity index is 590. The number of nitrogens with zero attached hydrogens (tertiary/aromatic N) is 1. The van der Waals surface area contributed by atoms with Gasteiger partial charge in [-0.05, 0) is 30.7 Å². The third-order valence-electron chi connectivity index (χ3n) is 2.84. The first-order valence-corrected chi connectivity index (χ1v) is 6.23. The van der Waals surface area contributed by atoms with Gasteiger partial charge >= 0.3 is 0 Å². The van der Waals surface area contributed by atoms with Crippen molar-refractivity contribution in [2.24, 2.45) is 0 Å². The Morgan fingerprint density at radius 3 is 2.84 bits per heavy atom. The van der Waals surface area contributed by atoms with Crippen molar-refractivity contribution in [1.82, 2.24) is 4.57 Å². The van der Waals surface area contributed by atoms with Crippen LogP contribution in [0, 0.1) is 0 Å². The molecule has 4 nitrogen and oxygen atoms in total. The summed E-state index contributed by atoms with van der Waals surface area (Å²) in [4.78, 5) is 11.5. The van der Waals surface area contributed by atoms with E-state index >= 15 is 0 Å². The quantitative estimate of drug-likeness (QED) is 0.893. The maximum Gasteiger partial charge on any atom is 0.250 e. The average molecular weight is 259 g/mol. The molecule has 0 aliphatic rings. The lowest BCUT2D eigenvalue weighted by atomic mass is 10.1. The minimum Gasteiger partial charge on any atom is -0.492 e. The molecule has 1 aromatic carbocycles. The fourth-order valence-electron chi connectivity index (χ4n) is 1.77. The fraction of sp³-hybridized carbons (Fsp3) is 0.267. The van der Waals surface area contributed by atoms with E-state index in [1.54, 1.807) is 29.8 Å².